The van der Waals surface area contributed by atoms with Crippen LogP contribution in [0, 0.1) is 0 Å². The molecule has 0 aliphatic heterocycles. The first kappa shape index (κ1) is 22.7. The molecule has 32 heavy (non-hydrogen) atoms. The number of nitrogens with zero attached hydrogens (tertiary/aromatic N) is 1. The molecule has 1 atom stereocenters. The molecule has 0 fully saturated rings. The number of hydrogen-bond donors (Lipinski definition) is 1. The van der Waals surface area contributed by atoms with E-state index >= 15 is 0 Å². The van der Waals surface area contributed by atoms with Gasteiger partial charge in [0.1, 0.15) is 5.52 Å². The Labute approximate surface area is 201 Å². The summed E-state index contributed by atoms with van der Waals surface area (Å²) in [6, 6.07) is 18.8. The molecule has 4 nitrogen and oxygen atoms in total. The largest absolute Gasteiger partial charge is 0.436 e. The summed E-state index contributed by atoms with van der Waals surface area (Å²) in [5, 5.41) is 4.00. The Hall–Kier alpha value is -2.47. The van der Waals surface area contributed by atoms with Crippen molar-refractivity contribution in [2.75, 3.05) is 11.1 Å². The Morgan fingerprint density at radius 3 is 2.62 bits per heavy atom. The highest BCUT2D eigenvalue weighted by Crippen LogP contribution is 2.32. The van der Waals surface area contributed by atoms with Crippen molar-refractivity contribution in [2.45, 2.75) is 31.1 Å². The number of carbonyl (C=O) groups is 1. The number of benzene rings is 3. The van der Waals surface area contributed by atoms with Crippen LogP contribution in [0.4, 0.5) is 5.69 Å². The van der Waals surface area contributed by atoms with Gasteiger partial charge in [-0.1, -0.05) is 43.1 Å². The zero-order valence-electron chi connectivity index (χ0n) is 17.7. The third kappa shape index (κ3) is 5.29. The van der Waals surface area contributed by atoms with Crippen molar-refractivity contribution in [3.63, 3.8) is 0 Å². The Morgan fingerprint density at radius 2 is 1.88 bits per heavy atom. The van der Waals surface area contributed by atoms with E-state index in [1.54, 1.807) is 24.3 Å². The average molecular weight is 485 g/mol. The van der Waals surface area contributed by atoms with E-state index in [0.29, 0.717) is 27.5 Å². The van der Waals surface area contributed by atoms with Gasteiger partial charge in [0, 0.05) is 15.5 Å². The lowest BCUT2D eigenvalue weighted by Crippen LogP contribution is -2.14. The van der Waals surface area contributed by atoms with Crippen LogP contribution in [0.1, 0.15) is 31.7 Å². The molecule has 0 radical (unpaired) electrons. The number of amides is 1. The summed E-state index contributed by atoms with van der Waals surface area (Å²) < 4.78 is 5.96. The van der Waals surface area contributed by atoms with Gasteiger partial charge in [0.15, 0.2) is 5.58 Å². The van der Waals surface area contributed by atoms with Gasteiger partial charge in [-0.3, -0.25) is 4.79 Å². The molecule has 4 aromatic rings. The van der Waals surface area contributed by atoms with Crippen LogP contribution >= 0.6 is 35.0 Å². The van der Waals surface area contributed by atoms with Crippen LogP contribution in [0.2, 0.25) is 10.0 Å². The third-order valence-electron chi connectivity index (χ3n) is 5.26. The molecule has 164 valence electrons. The molecule has 3 aromatic carbocycles. The van der Waals surface area contributed by atoms with Gasteiger partial charge in [-0.15, -0.1) is 11.8 Å². The first-order valence-corrected chi connectivity index (χ1v) is 12.1. The molecule has 1 aromatic heterocycles. The minimum atomic E-state index is -0.153. The molecule has 0 saturated heterocycles. The second-order valence-corrected chi connectivity index (χ2v) is 9.43. The van der Waals surface area contributed by atoms with E-state index in [2.05, 4.69) is 36.3 Å². The molecule has 7 heteroatoms. The van der Waals surface area contributed by atoms with Crippen LogP contribution < -0.4 is 5.32 Å². The van der Waals surface area contributed by atoms with Crippen LogP contribution in [0.3, 0.4) is 0 Å². The van der Waals surface area contributed by atoms with E-state index in [1.807, 2.05) is 24.3 Å². The molecule has 0 bridgehead atoms. The van der Waals surface area contributed by atoms with E-state index in [-0.39, 0.29) is 11.7 Å². The molecule has 0 aliphatic carbocycles. The van der Waals surface area contributed by atoms with E-state index in [1.165, 1.54) is 17.3 Å². The minimum Gasteiger partial charge on any atom is -0.436 e. The van der Waals surface area contributed by atoms with Crippen LogP contribution in [0.15, 0.2) is 70.0 Å². The second-order valence-electron chi connectivity index (χ2n) is 7.54. The summed E-state index contributed by atoms with van der Waals surface area (Å²) in [6.45, 7) is 4.36. The minimum absolute atomic E-state index is 0.153. The highest BCUT2D eigenvalue weighted by atomic mass is 35.5. The van der Waals surface area contributed by atoms with E-state index in [0.717, 1.165) is 28.0 Å². The Balaban J connectivity index is 1.50. The number of thioether (sulfide) groups is 1. The Morgan fingerprint density at radius 1 is 1.09 bits per heavy atom. The average Bonchev–Trinajstić information content (AvgIpc) is 3.23. The number of hydrogen-bond acceptors (Lipinski definition) is 4. The number of aromatic nitrogens is 1. The maximum Gasteiger partial charge on any atom is 0.234 e. The Bertz CT molecular complexity index is 1250. The van der Waals surface area contributed by atoms with Gasteiger partial charge in [-0.05, 0) is 72.5 Å². The fourth-order valence-electron chi connectivity index (χ4n) is 3.23. The normalized spacial score (nSPS) is 12.1. The summed E-state index contributed by atoms with van der Waals surface area (Å²) in [4.78, 5) is 18.1. The standard InChI is InChI=1S/C25H22Cl2N2O2S/c1-3-15(2)16-5-11-23-22(12-16)29-25(31-23)17-4-10-20(27)21(13-17)28-24(30)14-32-19-8-6-18(26)7-9-19/h4-13,15H,3,14H2,1-2H3,(H,28,30). The smallest absolute Gasteiger partial charge is 0.234 e. The van der Waals surface area contributed by atoms with Gasteiger partial charge in [0.25, 0.3) is 0 Å². The molecule has 1 amide bonds. The quantitative estimate of drug-likeness (QED) is 0.269. The van der Waals surface area contributed by atoms with Crippen molar-refractivity contribution >= 4 is 57.7 Å². The van der Waals surface area contributed by atoms with Crippen LogP contribution in [0.25, 0.3) is 22.6 Å². The number of nitrogens with one attached hydrogen (secondary N) is 1. The lowest BCUT2D eigenvalue weighted by atomic mass is 9.98. The van der Waals surface area contributed by atoms with Gasteiger partial charge in [-0.2, -0.15) is 0 Å². The van der Waals surface area contributed by atoms with Crippen molar-refractivity contribution in [1.82, 2.24) is 4.98 Å². The summed E-state index contributed by atoms with van der Waals surface area (Å²) in [6.07, 6.45) is 1.06. The highest BCUT2D eigenvalue weighted by Gasteiger charge is 2.14. The number of oxazole rings is 1. The number of carbonyl (C=O) groups excluding carboxylic acids is 1. The van der Waals surface area contributed by atoms with Crippen LogP contribution in [-0.2, 0) is 4.79 Å². The number of rotatable bonds is 7. The topological polar surface area (TPSA) is 55.1 Å². The van der Waals surface area contributed by atoms with Crippen molar-refractivity contribution < 1.29 is 9.21 Å². The van der Waals surface area contributed by atoms with E-state index < -0.39 is 0 Å². The van der Waals surface area contributed by atoms with Crippen LogP contribution in [-0.4, -0.2) is 16.6 Å². The second kappa shape index (κ2) is 9.99. The third-order valence-corrected chi connectivity index (χ3v) is 6.86. The van der Waals surface area contributed by atoms with Gasteiger partial charge >= 0.3 is 0 Å². The fraction of sp³-hybridized carbons (Fsp3) is 0.200. The summed E-state index contributed by atoms with van der Waals surface area (Å²) in [7, 11) is 0. The van der Waals surface area contributed by atoms with Crippen molar-refractivity contribution in [3.05, 3.63) is 76.3 Å². The zero-order valence-corrected chi connectivity index (χ0v) is 20.0. The van der Waals surface area contributed by atoms with Crippen molar-refractivity contribution in [3.8, 4) is 11.5 Å². The molecule has 4 rings (SSSR count). The van der Waals surface area contributed by atoms with Crippen LogP contribution in [0.5, 0.6) is 0 Å². The molecule has 0 saturated carbocycles. The molecular formula is C25H22Cl2N2O2S. The Kier molecular flexibility index (Phi) is 7.09. The summed E-state index contributed by atoms with van der Waals surface area (Å²) in [5.41, 5.74) is 4.05. The molecule has 1 N–H and O–H groups in total. The van der Waals surface area contributed by atoms with Gasteiger partial charge in [0.2, 0.25) is 11.8 Å². The molecule has 1 heterocycles. The fourth-order valence-corrected chi connectivity index (χ4v) is 4.22. The first-order valence-electron chi connectivity index (χ1n) is 10.3. The molecule has 1 unspecified atom stereocenters. The number of anilines is 1. The lowest BCUT2D eigenvalue weighted by molar-refractivity contribution is -0.113. The van der Waals surface area contributed by atoms with E-state index in [9.17, 15) is 4.79 Å². The molecule has 0 aliphatic rings. The SMILES string of the molecule is CCC(C)c1ccc2oc(-c3ccc(Cl)c(NC(=O)CSc4ccc(Cl)cc4)c3)nc2c1. The predicted molar refractivity (Wildman–Crippen MR) is 134 cm³/mol. The summed E-state index contributed by atoms with van der Waals surface area (Å²) in [5.74, 6) is 1.05. The maximum atomic E-state index is 12.5. The first-order chi connectivity index (χ1) is 15.4. The number of halogens is 2. The van der Waals surface area contributed by atoms with Crippen molar-refractivity contribution in [1.29, 1.82) is 0 Å². The number of fused-ring (bicyclic) bond motifs is 1. The monoisotopic (exact) mass is 484 g/mol. The van der Waals surface area contributed by atoms with Crippen molar-refractivity contribution in [2.24, 2.45) is 0 Å². The highest BCUT2D eigenvalue weighted by molar-refractivity contribution is 8.00. The zero-order chi connectivity index (χ0) is 22.7. The van der Waals surface area contributed by atoms with Gasteiger partial charge in [-0.25, -0.2) is 4.98 Å². The lowest BCUT2D eigenvalue weighted by Gasteiger charge is -2.08. The predicted octanol–water partition coefficient (Wildman–Crippen LogP) is 8.05. The summed E-state index contributed by atoms with van der Waals surface area (Å²) >= 11 is 13.7. The maximum absolute atomic E-state index is 12.5. The van der Waals surface area contributed by atoms with Gasteiger partial charge in [0.05, 0.1) is 16.5 Å². The van der Waals surface area contributed by atoms with E-state index in [4.69, 9.17) is 27.6 Å². The van der Waals surface area contributed by atoms with Gasteiger partial charge < -0.3 is 9.73 Å². The molecular weight excluding hydrogens is 463 g/mol. The molecule has 0 spiro atoms.